The van der Waals surface area contributed by atoms with E-state index in [0.717, 1.165) is 38.0 Å². The average Bonchev–Trinajstić information content (AvgIpc) is 3.41. The molecule has 1 saturated heterocycles. The molecule has 3 N–H and O–H groups in total. The van der Waals surface area contributed by atoms with Gasteiger partial charge in [0, 0.05) is 42.6 Å². The highest BCUT2D eigenvalue weighted by atomic mass is 19.1. The van der Waals surface area contributed by atoms with Crippen LogP contribution < -0.4 is 20.9 Å². The quantitative estimate of drug-likeness (QED) is 0.701. The maximum atomic E-state index is 13.1. The van der Waals surface area contributed by atoms with Crippen molar-refractivity contribution in [3.05, 3.63) is 59.9 Å². The topological polar surface area (TPSA) is 73.5 Å². The summed E-state index contributed by atoms with van der Waals surface area (Å²) in [5.41, 5.74) is 2.24. The van der Waals surface area contributed by atoms with Crippen molar-refractivity contribution in [2.24, 2.45) is 5.92 Å². The van der Waals surface area contributed by atoms with E-state index in [0.29, 0.717) is 29.8 Å². The lowest BCUT2D eigenvalue weighted by atomic mass is 10.1. The lowest BCUT2D eigenvalue weighted by Gasteiger charge is -2.19. The summed E-state index contributed by atoms with van der Waals surface area (Å²) in [5.74, 6) is 0.0363. The van der Waals surface area contributed by atoms with E-state index in [4.69, 9.17) is 0 Å². The van der Waals surface area contributed by atoms with Gasteiger partial charge in [-0.15, -0.1) is 0 Å². The van der Waals surface area contributed by atoms with Crippen LogP contribution in [0.5, 0.6) is 0 Å². The first-order chi connectivity index (χ1) is 14.1. The minimum absolute atomic E-state index is 0.0737. The molecule has 4 rings (SSSR count). The highest BCUT2D eigenvalue weighted by Gasteiger charge is 2.24. The molecule has 29 heavy (non-hydrogen) atoms. The summed E-state index contributed by atoms with van der Waals surface area (Å²) in [6, 6.07) is 13.4. The zero-order valence-corrected chi connectivity index (χ0v) is 16.2. The molecule has 0 unspecified atom stereocenters. The highest BCUT2D eigenvalue weighted by Crippen LogP contribution is 2.23. The molecule has 1 aliphatic heterocycles. The van der Waals surface area contributed by atoms with E-state index in [2.05, 4.69) is 20.9 Å². The van der Waals surface area contributed by atoms with Crippen LogP contribution >= 0.6 is 0 Å². The van der Waals surface area contributed by atoms with E-state index < -0.39 is 0 Å². The van der Waals surface area contributed by atoms with E-state index in [1.165, 1.54) is 12.1 Å². The monoisotopic (exact) mass is 396 g/mol. The van der Waals surface area contributed by atoms with E-state index in [1.54, 1.807) is 36.4 Å². The van der Waals surface area contributed by atoms with Crippen LogP contribution in [0.3, 0.4) is 0 Å². The first-order valence-electron chi connectivity index (χ1n) is 10.0. The van der Waals surface area contributed by atoms with Gasteiger partial charge < -0.3 is 20.9 Å². The predicted octanol–water partition coefficient (Wildman–Crippen LogP) is 3.37. The van der Waals surface area contributed by atoms with Crippen LogP contribution in [0.25, 0.3) is 0 Å². The molecule has 1 aliphatic carbocycles. The summed E-state index contributed by atoms with van der Waals surface area (Å²) >= 11 is 0. The van der Waals surface area contributed by atoms with Crippen LogP contribution in [-0.4, -0.2) is 37.6 Å². The molecule has 6 nitrogen and oxygen atoms in total. The van der Waals surface area contributed by atoms with Gasteiger partial charge in [-0.1, -0.05) is 0 Å². The van der Waals surface area contributed by atoms with Crippen LogP contribution in [-0.2, 0) is 0 Å². The van der Waals surface area contributed by atoms with E-state index >= 15 is 0 Å². The van der Waals surface area contributed by atoms with Crippen LogP contribution in [0.4, 0.5) is 20.6 Å². The molecule has 2 aromatic carbocycles. The number of urea groups is 1. The zero-order chi connectivity index (χ0) is 20.2. The van der Waals surface area contributed by atoms with Crippen molar-refractivity contribution in [2.75, 3.05) is 29.9 Å². The molecule has 0 bridgehead atoms. The number of benzene rings is 2. The molecule has 0 radical (unpaired) electrons. The number of nitrogens with zero attached hydrogens (tertiary/aromatic N) is 1. The maximum absolute atomic E-state index is 13.1. The third-order valence-electron chi connectivity index (χ3n) is 5.35. The van der Waals surface area contributed by atoms with Gasteiger partial charge in [-0.2, -0.15) is 0 Å². The SMILES string of the molecule is O=C(NC[C@@H]1CCN(c2ccc(F)cc2)C1)Nc1ccc(C(=O)NC2CC2)cc1. The van der Waals surface area contributed by atoms with E-state index in [9.17, 15) is 14.0 Å². The molecule has 1 saturated carbocycles. The fourth-order valence-corrected chi connectivity index (χ4v) is 3.50. The Morgan fingerprint density at radius 2 is 1.72 bits per heavy atom. The molecule has 3 amide bonds. The fraction of sp³-hybridized carbons (Fsp3) is 0.364. The van der Waals surface area contributed by atoms with Gasteiger partial charge >= 0.3 is 6.03 Å². The van der Waals surface area contributed by atoms with Crippen molar-refractivity contribution in [1.82, 2.24) is 10.6 Å². The molecule has 0 spiro atoms. The van der Waals surface area contributed by atoms with Crippen molar-refractivity contribution in [3.8, 4) is 0 Å². The Balaban J connectivity index is 1.21. The number of carbonyl (C=O) groups excluding carboxylic acids is 2. The minimum atomic E-state index is -0.264. The van der Waals surface area contributed by atoms with Crippen molar-refractivity contribution in [3.63, 3.8) is 0 Å². The third-order valence-corrected chi connectivity index (χ3v) is 5.35. The summed E-state index contributed by atoms with van der Waals surface area (Å²) < 4.78 is 13.1. The van der Waals surface area contributed by atoms with Gasteiger partial charge in [0.1, 0.15) is 5.82 Å². The summed E-state index contributed by atoms with van der Waals surface area (Å²) in [4.78, 5) is 26.4. The Bertz CT molecular complexity index is 865. The summed E-state index contributed by atoms with van der Waals surface area (Å²) in [6.07, 6.45) is 3.07. The van der Waals surface area contributed by atoms with Gasteiger partial charge in [0.15, 0.2) is 0 Å². The van der Waals surface area contributed by atoms with Crippen molar-refractivity contribution < 1.29 is 14.0 Å². The van der Waals surface area contributed by atoms with Crippen molar-refractivity contribution in [2.45, 2.75) is 25.3 Å². The second kappa shape index (κ2) is 8.51. The first kappa shape index (κ1) is 19.2. The third kappa shape index (κ3) is 5.25. The van der Waals surface area contributed by atoms with Gasteiger partial charge in [0.05, 0.1) is 0 Å². The number of nitrogens with one attached hydrogen (secondary N) is 3. The molecule has 2 aromatic rings. The second-order valence-electron chi connectivity index (χ2n) is 7.74. The van der Waals surface area contributed by atoms with Crippen LogP contribution in [0.1, 0.15) is 29.6 Å². The smallest absolute Gasteiger partial charge is 0.319 e. The normalized spacial score (nSPS) is 18.4. The number of rotatable bonds is 6. The Morgan fingerprint density at radius 3 is 2.41 bits per heavy atom. The molecule has 7 heteroatoms. The Hall–Kier alpha value is -3.09. The molecular formula is C22H25FN4O2. The summed E-state index contributed by atoms with van der Waals surface area (Å²) in [7, 11) is 0. The number of hydrogen-bond donors (Lipinski definition) is 3. The van der Waals surface area contributed by atoms with E-state index in [1.807, 2.05) is 0 Å². The van der Waals surface area contributed by atoms with Gasteiger partial charge in [-0.25, -0.2) is 9.18 Å². The molecule has 2 fully saturated rings. The number of hydrogen-bond acceptors (Lipinski definition) is 3. The number of amides is 3. The van der Waals surface area contributed by atoms with Gasteiger partial charge in [-0.3, -0.25) is 4.79 Å². The minimum Gasteiger partial charge on any atom is -0.371 e. The molecular weight excluding hydrogens is 371 g/mol. The van der Waals surface area contributed by atoms with Gasteiger partial charge in [0.25, 0.3) is 5.91 Å². The summed E-state index contributed by atoms with van der Waals surface area (Å²) in [6.45, 7) is 2.30. The Kier molecular flexibility index (Phi) is 5.64. The Morgan fingerprint density at radius 1 is 1.00 bits per heavy atom. The molecule has 152 valence electrons. The number of anilines is 2. The van der Waals surface area contributed by atoms with Gasteiger partial charge in [0.2, 0.25) is 0 Å². The van der Waals surface area contributed by atoms with Crippen molar-refractivity contribution >= 4 is 23.3 Å². The summed E-state index contributed by atoms with van der Waals surface area (Å²) in [5, 5.41) is 8.65. The number of carbonyl (C=O) groups is 2. The standard InChI is InChI=1S/C22H25FN4O2/c23-17-3-9-20(10-4-17)27-12-11-15(14-27)13-24-22(29)26-19-5-1-16(2-6-19)21(28)25-18-7-8-18/h1-6,9-10,15,18H,7-8,11-14H2,(H,25,28)(H2,24,26,29)/t15-/m0/s1. The second-order valence-corrected chi connectivity index (χ2v) is 7.74. The van der Waals surface area contributed by atoms with E-state index in [-0.39, 0.29) is 17.8 Å². The fourth-order valence-electron chi connectivity index (χ4n) is 3.50. The van der Waals surface area contributed by atoms with Crippen molar-refractivity contribution in [1.29, 1.82) is 0 Å². The largest absolute Gasteiger partial charge is 0.371 e. The van der Waals surface area contributed by atoms with Crippen LogP contribution in [0, 0.1) is 11.7 Å². The molecule has 2 aliphatic rings. The van der Waals surface area contributed by atoms with Crippen LogP contribution in [0.15, 0.2) is 48.5 Å². The lowest BCUT2D eigenvalue weighted by Crippen LogP contribution is -2.34. The molecule has 1 atom stereocenters. The number of halogens is 1. The van der Waals surface area contributed by atoms with Crippen LogP contribution in [0.2, 0.25) is 0 Å². The Labute approximate surface area is 169 Å². The predicted molar refractivity (Wildman–Crippen MR) is 111 cm³/mol. The first-order valence-corrected chi connectivity index (χ1v) is 10.0. The maximum Gasteiger partial charge on any atom is 0.319 e. The highest BCUT2D eigenvalue weighted by molar-refractivity contribution is 5.95. The zero-order valence-electron chi connectivity index (χ0n) is 16.2. The lowest BCUT2D eigenvalue weighted by molar-refractivity contribution is 0.0951. The molecule has 0 aromatic heterocycles. The average molecular weight is 396 g/mol. The molecule has 1 heterocycles. The van der Waals surface area contributed by atoms with Gasteiger partial charge in [-0.05, 0) is 73.7 Å².